The number of aromatic nitrogens is 4. The molecule has 33 heavy (non-hydrogen) atoms. The van der Waals surface area contributed by atoms with Crippen LogP contribution in [0.4, 0.5) is 23.4 Å². The van der Waals surface area contributed by atoms with Crippen molar-refractivity contribution in [2.24, 2.45) is 7.05 Å². The number of hydrogen-bond donors (Lipinski definition) is 1. The number of aryl methyl sites for hydroxylation is 1. The zero-order valence-corrected chi connectivity index (χ0v) is 17.3. The summed E-state index contributed by atoms with van der Waals surface area (Å²) in [6.07, 6.45) is -2.06. The molecule has 0 spiro atoms. The zero-order valence-electron chi connectivity index (χ0n) is 17.3. The second-order valence-electron chi connectivity index (χ2n) is 7.72. The van der Waals surface area contributed by atoms with Gasteiger partial charge in [0.2, 0.25) is 0 Å². The number of benzene rings is 1. The van der Waals surface area contributed by atoms with E-state index in [1.165, 1.54) is 24.2 Å². The van der Waals surface area contributed by atoms with Crippen molar-refractivity contribution >= 4 is 33.5 Å². The Labute approximate surface area is 183 Å². The Balaban J connectivity index is 1.55. The fraction of sp³-hybridized carbons (Fsp3) is 0.238. The van der Waals surface area contributed by atoms with Crippen molar-refractivity contribution in [2.75, 3.05) is 19.4 Å². The van der Waals surface area contributed by atoms with Gasteiger partial charge < -0.3 is 15.4 Å². The van der Waals surface area contributed by atoms with Crippen LogP contribution < -0.4 is 10.5 Å². The SMILES string of the molecule is CN(C(=O)c1cc2c(cc1F)nc(N)c1cnn(C)c12)[C@@H]1COc2cc(C(F)(F)F)ncc21. The van der Waals surface area contributed by atoms with Crippen molar-refractivity contribution in [3.8, 4) is 5.75 Å². The van der Waals surface area contributed by atoms with E-state index in [-0.39, 0.29) is 29.3 Å². The molecule has 5 rings (SSSR count). The molecule has 4 aromatic rings. The number of carbonyl (C=O) groups is 1. The summed E-state index contributed by atoms with van der Waals surface area (Å²) >= 11 is 0. The molecule has 12 heteroatoms. The fourth-order valence-electron chi connectivity index (χ4n) is 4.03. The standard InChI is InChI=1S/C21H16F4N6O2/c1-30(15-8-33-16-5-17(21(23,24)25)27-6-11(15)16)20(32)9-3-10-14(4-13(9)22)29-19(26)12-7-28-31(2)18(10)12/h3-7,15H,8H2,1-2H3,(H2,26,29)/t15-/m1/s1. The molecule has 8 nitrogen and oxygen atoms in total. The Morgan fingerprint density at radius 1 is 1.24 bits per heavy atom. The van der Waals surface area contributed by atoms with E-state index in [0.717, 1.165) is 18.3 Å². The zero-order chi connectivity index (χ0) is 23.7. The van der Waals surface area contributed by atoms with E-state index in [1.807, 2.05) is 0 Å². The third kappa shape index (κ3) is 3.20. The van der Waals surface area contributed by atoms with Crippen LogP contribution in [0.3, 0.4) is 0 Å². The third-order valence-corrected chi connectivity index (χ3v) is 5.76. The number of amides is 1. The van der Waals surface area contributed by atoms with E-state index < -0.39 is 29.6 Å². The van der Waals surface area contributed by atoms with Gasteiger partial charge in [-0.1, -0.05) is 0 Å². The normalized spacial score (nSPS) is 15.6. The lowest BCUT2D eigenvalue weighted by molar-refractivity contribution is -0.141. The molecule has 1 atom stereocenters. The van der Waals surface area contributed by atoms with Crippen molar-refractivity contribution in [1.29, 1.82) is 0 Å². The molecular weight excluding hydrogens is 444 g/mol. The smallest absolute Gasteiger partial charge is 0.433 e. The highest BCUT2D eigenvalue weighted by atomic mass is 19.4. The van der Waals surface area contributed by atoms with Crippen molar-refractivity contribution < 1.29 is 27.1 Å². The molecule has 0 radical (unpaired) electrons. The second kappa shape index (κ2) is 7.02. The van der Waals surface area contributed by atoms with Crippen molar-refractivity contribution in [3.05, 3.63) is 53.2 Å². The Hall–Kier alpha value is -3.96. The van der Waals surface area contributed by atoms with Crippen LogP contribution in [0, 0.1) is 5.82 Å². The van der Waals surface area contributed by atoms with Crippen molar-refractivity contribution in [2.45, 2.75) is 12.2 Å². The predicted octanol–water partition coefficient (Wildman–Crippen LogP) is 3.46. The second-order valence-corrected chi connectivity index (χ2v) is 7.72. The number of nitrogen functional groups attached to an aromatic ring is 1. The van der Waals surface area contributed by atoms with Gasteiger partial charge in [-0.05, 0) is 6.07 Å². The minimum absolute atomic E-state index is 0.0165. The summed E-state index contributed by atoms with van der Waals surface area (Å²) < 4.78 is 60.6. The fourth-order valence-corrected chi connectivity index (χ4v) is 4.03. The number of alkyl halides is 3. The van der Waals surface area contributed by atoms with Crippen LogP contribution in [0.25, 0.3) is 21.8 Å². The van der Waals surface area contributed by atoms with Gasteiger partial charge in [-0.25, -0.2) is 9.37 Å². The van der Waals surface area contributed by atoms with Gasteiger partial charge in [-0.15, -0.1) is 0 Å². The minimum Gasteiger partial charge on any atom is -0.491 e. The highest BCUT2D eigenvalue weighted by molar-refractivity contribution is 6.10. The number of pyridine rings is 2. The van der Waals surface area contributed by atoms with Crippen molar-refractivity contribution in [3.63, 3.8) is 0 Å². The first-order valence-corrected chi connectivity index (χ1v) is 9.73. The van der Waals surface area contributed by atoms with Crippen molar-refractivity contribution in [1.82, 2.24) is 24.6 Å². The number of nitrogens with zero attached hydrogens (tertiary/aromatic N) is 5. The van der Waals surface area contributed by atoms with Gasteiger partial charge in [0, 0.05) is 43.4 Å². The largest absolute Gasteiger partial charge is 0.491 e. The number of hydrogen-bond acceptors (Lipinski definition) is 6. The summed E-state index contributed by atoms with van der Waals surface area (Å²) in [5.41, 5.74) is 5.78. The van der Waals surface area contributed by atoms with E-state index in [4.69, 9.17) is 10.5 Å². The van der Waals surface area contributed by atoms with Gasteiger partial charge in [0.1, 0.15) is 29.7 Å². The maximum atomic E-state index is 14.9. The third-order valence-electron chi connectivity index (χ3n) is 5.76. The Bertz CT molecular complexity index is 1450. The lowest BCUT2D eigenvalue weighted by atomic mass is 10.0. The molecule has 1 amide bonds. The number of fused-ring (bicyclic) bond motifs is 4. The molecule has 4 heterocycles. The average molecular weight is 460 g/mol. The topological polar surface area (TPSA) is 99.2 Å². The summed E-state index contributed by atoms with van der Waals surface area (Å²) in [5.74, 6) is -1.32. The minimum atomic E-state index is -4.62. The maximum absolute atomic E-state index is 14.9. The molecule has 0 fully saturated rings. The molecule has 1 aliphatic rings. The van der Waals surface area contributed by atoms with Gasteiger partial charge in [0.05, 0.1) is 34.2 Å². The molecule has 0 saturated heterocycles. The molecule has 170 valence electrons. The van der Waals surface area contributed by atoms with Crippen LogP contribution in [0.1, 0.15) is 27.7 Å². The quantitative estimate of drug-likeness (QED) is 0.460. The summed E-state index contributed by atoms with van der Waals surface area (Å²) in [5, 5.41) is 5.20. The molecule has 2 N–H and O–H groups in total. The number of ether oxygens (including phenoxy) is 1. The first-order chi connectivity index (χ1) is 15.6. The molecule has 0 unspecified atom stereocenters. The van der Waals surface area contributed by atoms with E-state index >= 15 is 0 Å². The van der Waals surface area contributed by atoms with Gasteiger partial charge in [-0.3, -0.25) is 14.5 Å². The predicted molar refractivity (Wildman–Crippen MR) is 110 cm³/mol. The average Bonchev–Trinajstić information content (AvgIpc) is 3.36. The first kappa shape index (κ1) is 20.9. The van der Waals surface area contributed by atoms with E-state index in [9.17, 15) is 22.4 Å². The summed E-state index contributed by atoms with van der Waals surface area (Å²) in [6, 6.07) is 2.55. The lowest BCUT2D eigenvalue weighted by Crippen LogP contribution is -2.32. The van der Waals surface area contributed by atoms with E-state index in [2.05, 4.69) is 15.1 Å². The molecule has 3 aromatic heterocycles. The number of anilines is 1. The van der Waals surface area contributed by atoms with Crippen LogP contribution in [0.2, 0.25) is 0 Å². The molecule has 0 bridgehead atoms. The number of nitrogens with two attached hydrogens (primary N) is 1. The summed E-state index contributed by atoms with van der Waals surface area (Å²) in [4.78, 5) is 22.1. The monoisotopic (exact) mass is 460 g/mol. The number of carbonyl (C=O) groups excluding carboxylic acids is 1. The van der Waals surface area contributed by atoms with Crippen LogP contribution in [-0.4, -0.2) is 44.2 Å². The van der Waals surface area contributed by atoms with Gasteiger partial charge in [0.15, 0.2) is 0 Å². The maximum Gasteiger partial charge on any atom is 0.433 e. The van der Waals surface area contributed by atoms with E-state index in [0.29, 0.717) is 21.9 Å². The van der Waals surface area contributed by atoms with Gasteiger partial charge >= 0.3 is 6.18 Å². The first-order valence-electron chi connectivity index (χ1n) is 9.73. The molecule has 1 aliphatic heterocycles. The molecule has 1 aromatic carbocycles. The summed E-state index contributed by atoms with van der Waals surface area (Å²) in [7, 11) is 3.11. The van der Waals surface area contributed by atoms with Gasteiger partial charge in [0.25, 0.3) is 5.91 Å². The number of rotatable bonds is 2. The highest BCUT2D eigenvalue weighted by Crippen LogP contribution is 2.39. The summed E-state index contributed by atoms with van der Waals surface area (Å²) in [6.45, 7) is -0.0835. The number of halogens is 4. The highest BCUT2D eigenvalue weighted by Gasteiger charge is 2.37. The van der Waals surface area contributed by atoms with Crippen LogP contribution >= 0.6 is 0 Å². The Morgan fingerprint density at radius 3 is 2.73 bits per heavy atom. The van der Waals surface area contributed by atoms with Gasteiger partial charge in [-0.2, -0.15) is 18.3 Å². The van der Waals surface area contributed by atoms with Crippen LogP contribution in [-0.2, 0) is 13.2 Å². The van der Waals surface area contributed by atoms with Crippen LogP contribution in [0.5, 0.6) is 5.75 Å². The Kier molecular flexibility index (Phi) is 4.45. The lowest BCUT2D eigenvalue weighted by Gasteiger charge is -2.24. The molecular formula is C21H16F4N6O2. The van der Waals surface area contributed by atoms with E-state index in [1.54, 1.807) is 11.7 Å². The Morgan fingerprint density at radius 2 is 2.00 bits per heavy atom. The molecule has 0 saturated carbocycles. The molecule has 0 aliphatic carbocycles. The van der Waals surface area contributed by atoms with Crippen LogP contribution in [0.15, 0.2) is 30.6 Å². The number of likely N-dealkylation sites (N-methyl/N-ethyl adjacent to an activating group) is 1.